The fraction of sp³-hybridized carbons (Fsp3) is 0.395. The highest BCUT2D eigenvalue weighted by Gasteiger charge is 2.48. The quantitative estimate of drug-likeness (QED) is 0.208. The number of rotatable bonds is 9. The van der Waals surface area contributed by atoms with Crippen molar-refractivity contribution in [2.24, 2.45) is 5.92 Å². The minimum atomic E-state index is -4.01. The Bertz CT molecular complexity index is 2020. The van der Waals surface area contributed by atoms with E-state index in [1.54, 1.807) is 39.5 Å². The first-order valence-corrected chi connectivity index (χ1v) is 18.0. The van der Waals surface area contributed by atoms with Crippen LogP contribution in [-0.2, 0) is 42.1 Å². The van der Waals surface area contributed by atoms with Gasteiger partial charge < -0.3 is 23.7 Å². The molecule has 258 valence electrons. The molecule has 0 N–H and O–H groups in total. The minimum absolute atomic E-state index is 0.00537. The highest BCUT2D eigenvalue weighted by molar-refractivity contribution is 7.90. The van der Waals surface area contributed by atoms with Crippen LogP contribution in [0.4, 0.5) is 0 Å². The Morgan fingerprint density at radius 3 is 2.31 bits per heavy atom. The molecule has 1 saturated heterocycles. The van der Waals surface area contributed by atoms with Crippen LogP contribution in [0, 0.1) is 12.8 Å². The number of aromatic nitrogens is 1. The largest absolute Gasteiger partial charge is 0.497 e. The number of nitrogens with zero attached hydrogens (tertiary/aromatic N) is 2. The van der Waals surface area contributed by atoms with Gasteiger partial charge in [-0.15, -0.1) is 0 Å². The zero-order chi connectivity index (χ0) is 34.4. The summed E-state index contributed by atoms with van der Waals surface area (Å²) in [4.78, 5) is 16.2. The average Bonchev–Trinajstić information content (AvgIpc) is 3.47. The van der Waals surface area contributed by atoms with Crippen LogP contribution in [0.3, 0.4) is 0 Å². The van der Waals surface area contributed by atoms with E-state index in [2.05, 4.69) is 4.90 Å². The Kier molecular flexibility index (Phi) is 9.04. The van der Waals surface area contributed by atoms with Crippen molar-refractivity contribution in [1.82, 2.24) is 8.87 Å². The van der Waals surface area contributed by atoms with Gasteiger partial charge in [0, 0.05) is 31.7 Å². The monoisotopic (exact) mass is 686 g/mol. The number of hydrogen-bond acceptors (Lipinski definition) is 9. The SMILES string of the molecule is COC(=O)C1=C2C[C@H]3c4c(c5ccc(OC)cc5n4S(=O)(=O)c4ccc(C)cc4)CCN3C[C@@H]2C[C@H](OCc2ccc(OC)cc2)[C@H]1OC. The Morgan fingerprint density at radius 1 is 0.918 bits per heavy atom. The van der Waals surface area contributed by atoms with Gasteiger partial charge in [-0.3, -0.25) is 4.90 Å². The molecule has 11 heteroatoms. The number of ether oxygens (including phenoxy) is 5. The lowest BCUT2D eigenvalue weighted by Gasteiger charge is -2.48. The number of carbonyl (C=O) groups excluding carboxylic acids is 1. The second kappa shape index (κ2) is 13.3. The predicted molar refractivity (Wildman–Crippen MR) is 184 cm³/mol. The van der Waals surface area contributed by atoms with Gasteiger partial charge in [0.25, 0.3) is 10.0 Å². The predicted octanol–water partition coefficient (Wildman–Crippen LogP) is 5.60. The molecule has 4 aromatic rings. The zero-order valence-electron chi connectivity index (χ0n) is 28.5. The molecular formula is C38H42N2O8S. The van der Waals surface area contributed by atoms with Crippen LogP contribution < -0.4 is 9.47 Å². The summed E-state index contributed by atoms with van der Waals surface area (Å²) in [5.41, 5.74) is 5.70. The van der Waals surface area contributed by atoms with Crippen LogP contribution in [-0.4, -0.2) is 77.0 Å². The van der Waals surface area contributed by atoms with Gasteiger partial charge in [0.1, 0.15) is 17.6 Å². The third-order valence-electron chi connectivity index (χ3n) is 10.4. The molecule has 1 aliphatic carbocycles. The third kappa shape index (κ3) is 5.82. The first kappa shape index (κ1) is 33.3. The molecule has 49 heavy (non-hydrogen) atoms. The Hall–Kier alpha value is -4.16. The second-order valence-electron chi connectivity index (χ2n) is 13.0. The Balaban J connectivity index is 1.32. The number of piperidine rings is 1. The maximum Gasteiger partial charge on any atom is 0.336 e. The normalized spacial score (nSPS) is 22.3. The van der Waals surface area contributed by atoms with E-state index in [0.29, 0.717) is 49.3 Å². The first-order chi connectivity index (χ1) is 23.7. The van der Waals surface area contributed by atoms with Gasteiger partial charge in [0.2, 0.25) is 0 Å². The fourth-order valence-electron chi connectivity index (χ4n) is 7.95. The van der Waals surface area contributed by atoms with E-state index < -0.39 is 22.1 Å². The van der Waals surface area contributed by atoms with Crippen molar-refractivity contribution in [3.05, 3.63) is 100 Å². The number of carbonyl (C=O) groups is 1. The molecule has 3 heterocycles. The maximum atomic E-state index is 14.6. The van der Waals surface area contributed by atoms with Crippen molar-refractivity contribution in [3.63, 3.8) is 0 Å². The first-order valence-electron chi connectivity index (χ1n) is 16.5. The summed E-state index contributed by atoms with van der Waals surface area (Å²) in [5, 5.41) is 0.890. The van der Waals surface area contributed by atoms with Gasteiger partial charge in [-0.2, -0.15) is 0 Å². The van der Waals surface area contributed by atoms with E-state index in [4.69, 9.17) is 23.7 Å². The van der Waals surface area contributed by atoms with E-state index in [9.17, 15) is 13.2 Å². The summed E-state index contributed by atoms with van der Waals surface area (Å²) >= 11 is 0. The maximum absolute atomic E-state index is 14.6. The summed E-state index contributed by atoms with van der Waals surface area (Å²) in [6.07, 6.45) is 0.788. The molecule has 0 bridgehead atoms. The van der Waals surface area contributed by atoms with E-state index in [-0.39, 0.29) is 23.0 Å². The molecule has 2 aliphatic heterocycles. The summed E-state index contributed by atoms with van der Waals surface area (Å²) < 4.78 is 59.4. The lowest BCUT2D eigenvalue weighted by molar-refractivity contribution is -0.141. The number of aryl methyl sites for hydroxylation is 1. The molecule has 10 nitrogen and oxygen atoms in total. The van der Waals surface area contributed by atoms with E-state index in [1.807, 2.05) is 55.5 Å². The zero-order valence-corrected chi connectivity index (χ0v) is 29.3. The summed E-state index contributed by atoms with van der Waals surface area (Å²) in [6.45, 7) is 3.69. The molecule has 4 atom stereocenters. The molecule has 0 radical (unpaired) electrons. The van der Waals surface area contributed by atoms with E-state index in [1.165, 1.54) is 11.1 Å². The van der Waals surface area contributed by atoms with Crippen LogP contribution >= 0.6 is 0 Å². The number of esters is 1. The topological polar surface area (TPSA) is 106 Å². The van der Waals surface area contributed by atoms with Gasteiger partial charge in [0.15, 0.2) is 0 Å². The summed E-state index contributed by atoms with van der Waals surface area (Å²) in [6, 6.07) is 20.0. The van der Waals surface area contributed by atoms with Crippen molar-refractivity contribution >= 4 is 26.9 Å². The van der Waals surface area contributed by atoms with Crippen molar-refractivity contribution in [3.8, 4) is 11.5 Å². The molecule has 1 fully saturated rings. The molecular weight excluding hydrogens is 644 g/mol. The molecule has 3 aromatic carbocycles. The third-order valence-corrected chi connectivity index (χ3v) is 12.1. The lowest BCUT2D eigenvalue weighted by atomic mass is 9.72. The average molecular weight is 687 g/mol. The number of methoxy groups -OCH3 is 4. The molecule has 0 unspecified atom stereocenters. The van der Waals surface area contributed by atoms with E-state index >= 15 is 0 Å². The van der Waals surface area contributed by atoms with Gasteiger partial charge in [-0.05, 0) is 79.6 Å². The van der Waals surface area contributed by atoms with E-state index in [0.717, 1.165) is 45.6 Å². The summed E-state index contributed by atoms with van der Waals surface area (Å²) in [7, 11) is 2.17. The van der Waals surface area contributed by atoms with Crippen LogP contribution in [0.2, 0.25) is 0 Å². The van der Waals surface area contributed by atoms with Crippen molar-refractivity contribution in [2.45, 2.75) is 55.9 Å². The Labute approximate surface area is 287 Å². The standard InChI is InChI=1S/C38H42N2O8S/c1-23-6-13-28(14-7-23)49(42,43)40-32-19-27(45-3)12-15-29(32)30-16-17-39-21-25-18-34(48-22-24-8-10-26(44-2)11-9-24)37(46-4)35(38(41)47-5)31(25)20-33(39)36(30)40/h6-15,19,25,33-34,37H,16-18,20-22H2,1-5H3/t25-,33-,34-,37+/m0/s1. The van der Waals surface area contributed by atoms with Gasteiger partial charge in [0.05, 0.1) is 61.8 Å². The summed E-state index contributed by atoms with van der Waals surface area (Å²) in [5.74, 6) is 0.898. The second-order valence-corrected chi connectivity index (χ2v) is 14.8. The molecule has 0 spiro atoms. The molecule has 0 amide bonds. The van der Waals surface area contributed by atoms with Crippen molar-refractivity contribution in [1.29, 1.82) is 0 Å². The van der Waals surface area contributed by atoms with Crippen LogP contribution in [0.15, 0.2) is 82.8 Å². The van der Waals surface area contributed by atoms with Crippen LogP contribution in [0.5, 0.6) is 11.5 Å². The fourth-order valence-corrected chi connectivity index (χ4v) is 9.54. The molecule has 3 aliphatic rings. The van der Waals surface area contributed by atoms with Crippen molar-refractivity contribution in [2.75, 3.05) is 41.5 Å². The minimum Gasteiger partial charge on any atom is -0.497 e. The lowest BCUT2D eigenvalue weighted by Crippen LogP contribution is -2.50. The van der Waals surface area contributed by atoms with Gasteiger partial charge in [-0.25, -0.2) is 17.2 Å². The number of benzene rings is 3. The number of hydrogen-bond donors (Lipinski definition) is 0. The highest BCUT2D eigenvalue weighted by Crippen LogP contribution is 2.50. The van der Waals surface area contributed by atoms with Crippen molar-refractivity contribution < 1.29 is 36.9 Å². The van der Waals surface area contributed by atoms with Crippen LogP contribution in [0.25, 0.3) is 10.9 Å². The molecule has 0 saturated carbocycles. The highest BCUT2D eigenvalue weighted by atomic mass is 32.2. The number of fused-ring (bicyclic) bond motifs is 6. The van der Waals surface area contributed by atoms with Gasteiger partial charge in [-0.1, -0.05) is 35.4 Å². The van der Waals surface area contributed by atoms with Crippen LogP contribution in [0.1, 0.15) is 41.3 Å². The molecule has 7 rings (SSSR count). The molecule has 1 aromatic heterocycles. The smallest absolute Gasteiger partial charge is 0.336 e. The Morgan fingerprint density at radius 2 is 1.63 bits per heavy atom. The van der Waals surface area contributed by atoms with Gasteiger partial charge >= 0.3 is 5.97 Å².